The first-order chi connectivity index (χ1) is 8.08. The van der Waals surface area contributed by atoms with Crippen LogP contribution in [0.2, 0.25) is 0 Å². The summed E-state index contributed by atoms with van der Waals surface area (Å²) in [5, 5.41) is 3.16. The summed E-state index contributed by atoms with van der Waals surface area (Å²) < 4.78 is 1.53. The van der Waals surface area contributed by atoms with E-state index in [2.05, 4.69) is 36.0 Å². The second-order valence-corrected chi connectivity index (χ2v) is 4.22. The highest BCUT2D eigenvalue weighted by atomic mass is 16.1. The minimum absolute atomic E-state index is 0.0844. The molecule has 1 aromatic rings. The van der Waals surface area contributed by atoms with E-state index in [-0.39, 0.29) is 11.6 Å². The number of nitrogens with zero attached hydrogens (tertiary/aromatic N) is 3. The van der Waals surface area contributed by atoms with Gasteiger partial charge in [-0.05, 0) is 20.0 Å². The van der Waals surface area contributed by atoms with Gasteiger partial charge >= 0.3 is 0 Å². The van der Waals surface area contributed by atoms with Crippen molar-refractivity contribution in [2.75, 3.05) is 25.0 Å². The van der Waals surface area contributed by atoms with Crippen LogP contribution in [0.25, 0.3) is 0 Å². The van der Waals surface area contributed by atoms with Crippen LogP contribution in [-0.4, -0.2) is 40.1 Å². The van der Waals surface area contributed by atoms with Gasteiger partial charge < -0.3 is 14.8 Å². The third-order valence-electron chi connectivity index (χ3n) is 2.83. The van der Waals surface area contributed by atoms with Gasteiger partial charge in [-0.25, -0.2) is 4.98 Å². The number of aromatic nitrogens is 2. The molecule has 1 heterocycles. The molecule has 96 valence electrons. The van der Waals surface area contributed by atoms with E-state index < -0.39 is 0 Å². The lowest BCUT2D eigenvalue weighted by molar-refractivity contribution is 0.294. The lowest BCUT2D eigenvalue weighted by atomic mass is 10.3. The minimum atomic E-state index is -0.0844. The van der Waals surface area contributed by atoms with E-state index in [0.717, 1.165) is 19.6 Å². The molecule has 0 amide bonds. The molecule has 0 saturated carbocycles. The Bertz CT molecular complexity index is 398. The summed E-state index contributed by atoms with van der Waals surface area (Å²) in [6.07, 6.45) is 3.29. The highest BCUT2D eigenvalue weighted by Crippen LogP contribution is 1.99. The highest BCUT2D eigenvalue weighted by molar-refractivity contribution is 5.31. The fraction of sp³-hybridized carbons (Fsp3) is 0.667. The van der Waals surface area contributed by atoms with Crippen LogP contribution in [0.15, 0.2) is 17.2 Å². The standard InChI is InChI=1S/C12H22N4O/c1-5-16(6-2)9-10(3)14-11-12(17)15(4)8-7-13-11/h7-8,10H,5-6,9H2,1-4H3,(H,13,14). The molecule has 0 aliphatic rings. The van der Waals surface area contributed by atoms with Gasteiger partial charge in [0.1, 0.15) is 0 Å². The SMILES string of the molecule is CCN(CC)CC(C)Nc1nccn(C)c1=O. The van der Waals surface area contributed by atoms with Crippen molar-refractivity contribution in [3.63, 3.8) is 0 Å². The van der Waals surface area contributed by atoms with Crippen molar-refractivity contribution in [3.05, 3.63) is 22.7 Å². The molecule has 0 saturated heterocycles. The Morgan fingerprint density at radius 1 is 1.47 bits per heavy atom. The molecule has 0 spiro atoms. The maximum Gasteiger partial charge on any atom is 0.293 e. The molecule has 1 rings (SSSR count). The van der Waals surface area contributed by atoms with Crippen molar-refractivity contribution in [2.45, 2.75) is 26.8 Å². The van der Waals surface area contributed by atoms with Crippen LogP contribution in [0, 0.1) is 0 Å². The topological polar surface area (TPSA) is 50.2 Å². The number of rotatable bonds is 6. The summed E-state index contributed by atoms with van der Waals surface area (Å²) in [5.74, 6) is 0.426. The Hall–Kier alpha value is -1.36. The van der Waals surface area contributed by atoms with Crippen LogP contribution in [0.4, 0.5) is 5.82 Å². The Kier molecular flexibility index (Phi) is 5.15. The van der Waals surface area contributed by atoms with E-state index in [1.54, 1.807) is 19.4 Å². The molecule has 1 aromatic heterocycles. The minimum Gasteiger partial charge on any atom is -0.362 e. The summed E-state index contributed by atoms with van der Waals surface area (Å²) in [6.45, 7) is 9.27. The first kappa shape index (κ1) is 13.7. The van der Waals surface area contributed by atoms with Gasteiger partial charge in [-0.3, -0.25) is 4.79 Å². The van der Waals surface area contributed by atoms with Crippen LogP contribution in [0.1, 0.15) is 20.8 Å². The van der Waals surface area contributed by atoms with Crippen molar-refractivity contribution in [1.82, 2.24) is 14.5 Å². The van der Waals surface area contributed by atoms with Gasteiger partial charge in [0, 0.05) is 32.0 Å². The first-order valence-electron chi connectivity index (χ1n) is 6.09. The monoisotopic (exact) mass is 238 g/mol. The van der Waals surface area contributed by atoms with Crippen molar-refractivity contribution in [3.8, 4) is 0 Å². The van der Waals surface area contributed by atoms with E-state index in [1.165, 1.54) is 4.57 Å². The van der Waals surface area contributed by atoms with E-state index in [0.29, 0.717) is 5.82 Å². The molecule has 0 aromatic carbocycles. The summed E-state index contributed by atoms with van der Waals surface area (Å²) in [5.41, 5.74) is -0.0844. The molecule has 1 unspecified atom stereocenters. The molecule has 5 nitrogen and oxygen atoms in total. The zero-order chi connectivity index (χ0) is 12.8. The highest BCUT2D eigenvalue weighted by Gasteiger charge is 2.09. The fourth-order valence-corrected chi connectivity index (χ4v) is 1.74. The molecule has 0 bridgehead atoms. The zero-order valence-corrected chi connectivity index (χ0v) is 11.1. The molecule has 0 radical (unpaired) electrons. The van der Waals surface area contributed by atoms with Gasteiger partial charge in [0.05, 0.1) is 0 Å². The van der Waals surface area contributed by atoms with Crippen LogP contribution in [-0.2, 0) is 7.05 Å². The maximum absolute atomic E-state index is 11.8. The van der Waals surface area contributed by atoms with Gasteiger partial charge in [0.15, 0.2) is 5.82 Å². The predicted octanol–water partition coefficient (Wildman–Crippen LogP) is 0.922. The molecule has 0 aliphatic carbocycles. The molecule has 1 N–H and O–H groups in total. The predicted molar refractivity (Wildman–Crippen MR) is 70.4 cm³/mol. The molecule has 17 heavy (non-hydrogen) atoms. The summed E-state index contributed by atoms with van der Waals surface area (Å²) >= 11 is 0. The van der Waals surface area contributed by atoms with Crippen molar-refractivity contribution < 1.29 is 0 Å². The third kappa shape index (κ3) is 3.85. The van der Waals surface area contributed by atoms with Crippen LogP contribution in [0.5, 0.6) is 0 Å². The summed E-state index contributed by atoms with van der Waals surface area (Å²) in [7, 11) is 1.73. The number of nitrogens with one attached hydrogen (secondary N) is 1. The molecular formula is C12H22N4O. The number of hydrogen-bond acceptors (Lipinski definition) is 4. The lowest BCUT2D eigenvalue weighted by Crippen LogP contribution is -2.36. The maximum atomic E-state index is 11.8. The van der Waals surface area contributed by atoms with Crippen molar-refractivity contribution >= 4 is 5.82 Å². The number of anilines is 1. The third-order valence-corrected chi connectivity index (χ3v) is 2.83. The fourth-order valence-electron chi connectivity index (χ4n) is 1.74. The van der Waals surface area contributed by atoms with Crippen LogP contribution >= 0.6 is 0 Å². The number of aryl methyl sites for hydroxylation is 1. The molecule has 0 fully saturated rings. The van der Waals surface area contributed by atoms with Crippen molar-refractivity contribution in [1.29, 1.82) is 0 Å². The number of hydrogen-bond donors (Lipinski definition) is 1. The smallest absolute Gasteiger partial charge is 0.293 e. The quantitative estimate of drug-likeness (QED) is 0.801. The average molecular weight is 238 g/mol. The average Bonchev–Trinajstić information content (AvgIpc) is 2.32. The number of likely N-dealkylation sites (N-methyl/N-ethyl adjacent to an activating group) is 1. The molecule has 5 heteroatoms. The van der Waals surface area contributed by atoms with Gasteiger partial charge in [-0.2, -0.15) is 0 Å². The Morgan fingerprint density at radius 2 is 2.12 bits per heavy atom. The zero-order valence-electron chi connectivity index (χ0n) is 11.1. The second kappa shape index (κ2) is 6.39. The molecule has 1 atom stereocenters. The Morgan fingerprint density at radius 3 is 2.71 bits per heavy atom. The van der Waals surface area contributed by atoms with Gasteiger partial charge in [0.2, 0.25) is 0 Å². The summed E-state index contributed by atoms with van der Waals surface area (Å²) in [4.78, 5) is 18.1. The van der Waals surface area contributed by atoms with Crippen LogP contribution < -0.4 is 10.9 Å². The van der Waals surface area contributed by atoms with Gasteiger partial charge in [-0.1, -0.05) is 13.8 Å². The second-order valence-electron chi connectivity index (χ2n) is 4.22. The Balaban J connectivity index is 2.65. The molecule has 0 aliphatic heterocycles. The van der Waals surface area contributed by atoms with E-state index in [9.17, 15) is 4.79 Å². The van der Waals surface area contributed by atoms with Gasteiger partial charge in [-0.15, -0.1) is 0 Å². The first-order valence-corrected chi connectivity index (χ1v) is 6.09. The van der Waals surface area contributed by atoms with Gasteiger partial charge in [0.25, 0.3) is 5.56 Å². The normalized spacial score (nSPS) is 12.8. The van der Waals surface area contributed by atoms with Crippen molar-refractivity contribution in [2.24, 2.45) is 7.05 Å². The Labute approximate surface area is 102 Å². The lowest BCUT2D eigenvalue weighted by Gasteiger charge is -2.23. The summed E-state index contributed by atoms with van der Waals surface area (Å²) in [6, 6.07) is 0.206. The van der Waals surface area contributed by atoms with Crippen LogP contribution in [0.3, 0.4) is 0 Å². The van der Waals surface area contributed by atoms with E-state index in [1.807, 2.05) is 0 Å². The van der Waals surface area contributed by atoms with E-state index in [4.69, 9.17) is 0 Å². The largest absolute Gasteiger partial charge is 0.362 e. The molecular weight excluding hydrogens is 216 g/mol. The van der Waals surface area contributed by atoms with E-state index >= 15 is 0 Å².